The fourth-order valence-corrected chi connectivity index (χ4v) is 3.07. The van der Waals surface area contributed by atoms with E-state index in [0.29, 0.717) is 18.3 Å². The van der Waals surface area contributed by atoms with Crippen molar-refractivity contribution in [2.24, 2.45) is 16.6 Å². The number of rotatable bonds is 5. The molecule has 4 N–H and O–H groups in total. The molecule has 0 aromatic carbocycles. The Labute approximate surface area is 171 Å². The molecule has 1 heterocycles. The zero-order valence-corrected chi connectivity index (χ0v) is 17.8. The van der Waals surface area contributed by atoms with E-state index in [1.165, 1.54) is 0 Å². The van der Waals surface area contributed by atoms with Crippen molar-refractivity contribution in [2.75, 3.05) is 21.1 Å². The topological polar surface area (TPSA) is 113 Å². The van der Waals surface area contributed by atoms with Crippen LogP contribution < -0.4 is 16.4 Å². The molecular weight excluding hydrogens is 449 g/mol. The Hall–Kier alpha value is -1.78. The molecule has 0 aliphatic heterocycles. The molecule has 2 unspecified atom stereocenters. The number of halogens is 1. The molecule has 1 aromatic rings. The van der Waals surface area contributed by atoms with Crippen LogP contribution in [0.5, 0.6) is 0 Å². The molecule has 2 atom stereocenters. The number of aliphatic imine (C=N–C) groups is 1. The number of carbonyl (C=O) groups excluding carboxylic acids is 2. The van der Waals surface area contributed by atoms with Crippen LogP contribution in [0.1, 0.15) is 42.0 Å². The van der Waals surface area contributed by atoms with E-state index in [1.54, 1.807) is 38.2 Å². The molecule has 0 radical (unpaired) electrons. The van der Waals surface area contributed by atoms with Crippen LogP contribution in [0.25, 0.3) is 0 Å². The standard InChI is InChI=1S/C17H27N5O3.HI/c1-19-17(20-10-13-7-8-14(25-13)15(18)23)21-12-6-4-5-11(9-12)16(24)22(2)3;/h7-8,11-12H,4-6,9-10H2,1-3H3,(H2,18,23)(H2,19,20,21);1H. The molecule has 2 rings (SSSR count). The number of nitrogens with one attached hydrogen (secondary N) is 2. The van der Waals surface area contributed by atoms with Gasteiger partial charge in [-0.25, -0.2) is 0 Å². The van der Waals surface area contributed by atoms with Gasteiger partial charge in [0.15, 0.2) is 11.7 Å². The lowest BCUT2D eigenvalue weighted by Crippen LogP contribution is -2.46. The van der Waals surface area contributed by atoms with Crippen molar-refractivity contribution in [1.29, 1.82) is 0 Å². The summed E-state index contributed by atoms with van der Waals surface area (Å²) in [4.78, 5) is 29.1. The SMILES string of the molecule is CN=C(NCc1ccc(C(N)=O)o1)NC1CCCC(C(=O)N(C)C)C1.I. The molecule has 0 bridgehead atoms. The van der Waals surface area contributed by atoms with E-state index >= 15 is 0 Å². The molecule has 1 aliphatic carbocycles. The predicted octanol–water partition coefficient (Wildman–Crippen LogP) is 1.31. The third-order valence-electron chi connectivity index (χ3n) is 4.36. The first kappa shape index (κ1) is 22.3. The van der Waals surface area contributed by atoms with E-state index < -0.39 is 5.91 Å². The first-order chi connectivity index (χ1) is 11.9. The number of carbonyl (C=O) groups is 2. The molecule has 26 heavy (non-hydrogen) atoms. The second-order valence-electron chi connectivity index (χ2n) is 6.49. The highest BCUT2D eigenvalue weighted by molar-refractivity contribution is 14.0. The molecule has 1 aliphatic rings. The summed E-state index contributed by atoms with van der Waals surface area (Å²) in [6.45, 7) is 0.389. The van der Waals surface area contributed by atoms with E-state index in [9.17, 15) is 9.59 Å². The van der Waals surface area contributed by atoms with E-state index in [2.05, 4.69) is 15.6 Å². The molecule has 146 valence electrons. The summed E-state index contributed by atoms with van der Waals surface area (Å²) < 4.78 is 5.33. The van der Waals surface area contributed by atoms with Crippen LogP contribution in [0.15, 0.2) is 21.5 Å². The minimum atomic E-state index is -0.590. The Bertz CT molecular complexity index is 644. The molecular formula is C17H28IN5O3. The molecule has 9 heteroatoms. The Kier molecular flexibility index (Phi) is 8.89. The van der Waals surface area contributed by atoms with Crippen molar-refractivity contribution in [1.82, 2.24) is 15.5 Å². The number of nitrogens with zero attached hydrogens (tertiary/aromatic N) is 2. The van der Waals surface area contributed by atoms with E-state index in [0.717, 1.165) is 25.7 Å². The van der Waals surface area contributed by atoms with Crippen LogP contribution in [-0.4, -0.2) is 49.9 Å². The van der Waals surface area contributed by atoms with Crippen LogP contribution in [-0.2, 0) is 11.3 Å². The third kappa shape index (κ3) is 6.19. The molecule has 1 aromatic heterocycles. The van der Waals surface area contributed by atoms with Crippen LogP contribution in [0.4, 0.5) is 0 Å². The van der Waals surface area contributed by atoms with Crippen molar-refractivity contribution in [3.8, 4) is 0 Å². The summed E-state index contributed by atoms with van der Waals surface area (Å²) in [5.74, 6) is 1.03. The Morgan fingerprint density at radius 1 is 1.35 bits per heavy atom. The monoisotopic (exact) mass is 477 g/mol. The Balaban J connectivity index is 0.00000338. The summed E-state index contributed by atoms with van der Waals surface area (Å²) in [7, 11) is 5.28. The smallest absolute Gasteiger partial charge is 0.284 e. The molecule has 8 nitrogen and oxygen atoms in total. The molecule has 1 saturated carbocycles. The zero-order valence-electron chi connectivity index (χ0n) is 15.4. The maximum absolute atomic E-state index is 12.2. The van der Waals surface area contributed by atoms with Gasteiger partial charge in [-0.1, -0.05) is 6.42 Å². The largest absolute Gasteiger partial charge is 0.454 e. The molecule has 0 spiro atoms. The van der Waals surface area contributed by atoms with Crippen LogP contribution in [0, 0.1) is 5.92 Å². The van der Waals surface area contributed by atoms with Gasteiger partial charge in [-0.2, -0.15) is 0 Å². The third-order valence-corrected chi connectivity index (χ3v) is 4.36. The first-order valence-electron chi connectivity index (χ1n) is 8.47. The highest BCUT2D eigenvalue weighted by Crippen LogP contribution is 2.25. The van der Waals surface area contributed by atoms with Gasteiger partial charge in [0, 0.05) is 33.1 Å². The predicted molar refractivity (Wildman–Crippen MR) is 110 cm³/mol. The molecule has 2 amide bonds. The van der Waals surface area contributed by atoms with Crippen molar-refractivity contribution < 1.29 is 14.0 Å². The average molecular weight is 477 g/mol. The lowest BCUT2D eigenvalue weighted by molar-refractivity contribution is -0.134. The minimum absolute atomic E-state index is 0. The normalized spacial score (nSPS) is 20.0. The van der Waals surface area contributed by atoms with Gasteiger partial charge in [-0.15, -0.1) is 24.0 Å². The summed E-state index contributed by atoms with van der Waals surface area (Å²) >= 11 is 0. The van der Waals surface area contributed by atoms with Gasteiger partial charge in [-0.3, -0.25) is 14.6 Å². The number of hydrogen-bond acceptors (Lipinski definition) is 4. The minimum Gasteiger partial charge on any atom is -0.454 e. The Morgan fingerprint density at radius 3 is 2.65 bits per heavy atom. The van der Waals surface area contributed by atoms with Gasteiger partial charge in [0.05, 0.1) is 6.54 Å². The Morgan fingerprint density at radius 2 is 2.08 bits per heavy atom. The summed E-state index contributed by atoms with van der Waals surface area (Å²) in [6.07, 6.45) is 3.75. The highest BCUT2D eigenvalue weighted by Gasteiger charge is 2.28. The van der Waals surface area contributed by atoms with Gasteiger partial charge in [0.2, 0.25) is 5.91 Å². The number of furan rings is 1. The van der Waals surface area contributed by atoms with Crippen LogP contribution in [0.2, 0.25) is 0 Å². The number of hydrogen-bond donors (Lipinski definition) is 3. The van der Waals surface area contributed by atoms with Crippen molar-refractivity contribution in [3.05, 3.63) is 23.7 Å². The van der Waals surface area contributed by atoms with E-state index in [4.69, 9.17) is 10.2 Å². The number of guanidine groups is 1. The van der Waals surface area contributed by atoms with Crippen molar-refractivity contribution >= 4 is 41.8 Å². The zero-order chi connectivity index (χ0) is 18.4. The number of amides is 2. The molecule has 1 fully saturated rings. The van der Waals surface area contributed by atoms with Crippen LogP contribution >= 0.6 is 24.0 Å². The lowest BCUT2D eigenvalue weighted by atomic mass is 9.85. The van der Waals surface area contributed by atoms with Gasteiger partial charge >= 0.3 is 0 Å². The summed E-state index contributed by atoms with van der Waals surface area (Å²) in [6, 6.07) is 3.45. The van der Waals surface area contributed by atoms with Crippen LogP contribution in [0.3, 0.4) is 0 Å². The average Bonchev–Trinajstić information content (AvgIpc) is 3.07. The maximum Gasteiger partial charge on any atom is 0.284 e. The van der Waals surface area contributed by atoms with E-state index in [-0.39, 0.29) is 47.6 Å². The number of nitrogens with two attached hydrogens (primary N) is 1. The lowest BCUT2D eigenvalue weighted by Gasteiger charge is -2.31. The summed E-state index contributed by atoms with van der Waals surface area (Å²) in [5.41, 5.74) is 5.17. The molecule has 0 saturated heterocycles. The van der Waals surface area contributed by atoms with E-state index in [1.807, 2.05) is 0 Å². The van der Waals surface area contributed by atoms with Gasteiger partial charge in [-0.05, 0) is 31.4 Å². The second kappa shape index (κ2) is 10.4. The fourth-order valence-electron chi connectivity index (χ4n) is 3.07. The fraction of sp³-hybridized carbons (Fsp3) is 0.588. The van der Waals surface area contributed by atoms with Crippen molar-refractivity contribution in [2.45, 2.75) is 38.3 Å². The van der Waals surface area contributed by atoms with Crippen molar-refractivity contribution in [3.63, 3.8) is 0 Å². The van der Waals surface area contributed by atoms with Gasteiger partial charge in [0.25, 0.3) is 5.91 Å². The summed E-state index contributed by atoms with van der Waals surface area (Å²) in [5, 5.41) is 6.51. The highest BCUT2D eigenvalue weighted by atomic mass is 127. The second-order valence-corrected chi connectivity index (χ2v) is 6.49. The van der Waals surface area contributed by atoms with Gasteiger partial charge < -0.3 is 25.7 Å². The van der Waals surface area contributed by atoms with Gasteiger partial charge in [0.1, 0.15) is 5.76 Å². The maximum atomic E-state index is 12.2. The number of primary amides is 1. The quantitative estimate of drug-likeness (QED) is 0.336. The first-order valence-corrected chi connectivity index (χ1v) is 8.47.